The van der Waals surface area contributed by atoms with Gasteiger partial charge >= 0.3 is 5.97 Å². The van der Waals surface area contributed by atoms with Crippen LogP contribution in [0.1, 0.15) is 39.4 Å². The van der Waals surface area contributed by atoms with Crippen LogP contribution in [0.5, 0.6) is 0 Å². The topological polar surface area (TPSA) is 129 Å². The van der Waals surface area contributed by atoms with Crippen molar-refractivity contribution in [3.05, 3.63) is 45.3 Å². The molecule has 3 rings (SSSR count). The number of carbonyl (C=O) groups is 3. The highest BCUT2D eigenvalue weighted by molar-refractivity contribution is 7.99. The van der Waals surface area contributed by atoms with Crippen LogP contribution in [0.4, 0.5) is 5.00 Å². The molecular weight excluding hydrogens is 486 g/mol. The summed E-state index contributed by atoms with van der Waals surface area (Å²) >= 11 is 8.17. The van der Waals surface area contributed by atoms with E-state index in [0.717, 1.165) is 16.9 Å². The summed E-state index contributed by atoms with van der Waals surface area (Å²) in [5.74, 6) is -1.09. The Morgan fingerprint density at radius 1 is 1.30 bits per heavy atom. The molecule has 0 saturated carbocycles. The number of hydrogen-bond acceptors (Lipinski definition) is 8. The van der Waals surface area contributed by atoms with Crippen molar-refractivity contribution in [2.24, 2.45) is 12.8 Å². The monoisotopic (exact) mass is 507 g/mol. The zero-order valence-electron chi connectivity index (χ0n) is 18.3. The summed E-state index contributed by atoms with van der Waals surface area (Å²) in [7, 11) is 1.79. The number of nitrogens with zero attached hydrogens (tertiary/aromatic N) is 3. The molecule has 3 aromatic rings. The molecule has 2 heterocycles. The van der Waals surface area contributed by atoms with Crippen LogP contribution in [-0.2, 0) is 16.6 Å². The lowest BCUT2D eigenvalue weighted by atomic mass is 10.1. The van der Waals surface area contributed by atoms with E-state index in [9.17, 15) is 14.4 Å². The third-order valence-electron chi connectivity index (χ3n) is 4.42. The number of thiophene rings is 1. The molecule has 2 amide bonds. The fraction of sp³-hybridized carbons (Fsp3) is 0.286. The van der Waals surface area contributed by atoms with E-state index in [2.05, 4.69) is 15.5 Å². The average Bonchev–Trinajstić information content (AvgIpc) is 3.25. The lowest BCUT2D eigenvalue weighted by Gasteiger charge is -2.10. The van der Waals surface area contributed by atoms with E-state index < -0.39 is 11.9 Å². The van der Waals surface area contributed by atoms with E-state index in [0.29, 0.717) is 21.6 Å². The molecule has 0 aliphatic heterocycles. The van der Waals surface area contributed by atoms with Gasteiger partial charge in [-0.3, -0.25) is 9.59 Å². The maximum Gasteiger partial charge on any atom is 0.341 e. The molecule has 3 N–H and O–H groups in total. The van der Waals surface area contributed by atoms with Crippen molar-refractivity contribution in [3.63, 3.8) is 0 Å². The molecule has 12 heteroatoms. The van der Waals surface area contributed by atoms with Gasteiger partial charge < -0.3 is 20.4 Å². The highest BCUT2D eigenvalue weighted by atomic mass is 35.5. The molecule has 9 nitrogen and oxygen atoms in total. The van der Waals surface area contributed by atoms with Crippen LogP contribution in [0.2, 0.25) is 5.02 Å². The SMILES string of the molecule is Cc1c(C(N)=O)sc(NC(=O)CSc2nnc(-c3cccc(Cl)c3)n2C)c1C(=O)OC(C)C. The number of rotatable bonds is 8. The molecule has 0 aliphatic rings. The molecule has 0 atom stereocenters. The van der Waals surface area contributed by atoms with Gasteiger partial charge in [-0.25, -0.2) is 4.79 Å². The van der Waals surface area contributed by atoms with Gasteiger partial charge in [-0.15, -0.1) is 21.5 Å². The summed E-state index contributed by atoms with van der Waals surface area (Å²) in [4.78, 5) is 37.1. The molecule has 0 spiro atoms. The lowest BCUT2D eigenvalue weighted by molar-refractivity contribution is -0.113. The Hall–Kier alpha value is -2.89. The van der Waals surface area contributed by atoms with Gasteiger partial charge in [0.1, 0.15) is 5.00 Å². The highest BCUT2D eigenvalue weighted by Crippen LogP contribution is 2.34. The maximum atomic E-state index is 12.6. The van der Waals surface area contributed by atoms with Gasteiger partial charge in [0.2, 0.25) is 5.91 Å². The maximum absolute atomic E-state index is 12.6. The Bertz CT molecular complexity index is 1220. The molecule has 0 unspecified atom stereocenters. The number of nitrogens with one attached hydrogen (secondary N) is 1. The van der Waals surface area contributed by atoms with Crippen molar-refractivity contribution in [1.29, 1.82) is 0 Å². The largest absolute Gasteiger partial charge is 0.459 e. The minimum atomic E-state index is -0.682. The van der Waals surface area contributed by atoms with Crippen molar-refractivity contribution in [3.8, 4) is 11.4 Å². The predicted molar refractivity (Wildman–Crippen MR) is 129 cm³/mol. The summed E-state index contributed by atoms with van der Waals surface area (Å²) in [5.41, 5.74) is 6.72. The first-order valence-electron chi connectivity index (χ1n) is 9.80. The third kappa shape index (κ3) is 5.73. The summed E-state index contributed by atoms with van der Waals surface area (Å²) in [6.45, 7) is 5.01. The van der Waals surface area contributed by atoms with Crippen LogP contribution in [0, 0.1) is 6.92 Å². The number of hydrogen-bond donors (Lipinski definition) is 2. The first-order valence-corrected chi connectivity index (χ1v) is 12.0. The van der Waals surface area contributed by atoms with E-state index >= 15 is 0 Å². The average molecular weight is 508 g/mol. The van der Waals surface area contributed by atoms with Gasteiger partial charge in [-0.2, -0.15) is 0 Å². The molecule has 2 aromatic heterocycles. The Morgan fingerprint density at radius 2 is 2.03 bits per heavy atom. The van der Waals surface area contributed by atoms with Crippen LogP contribution in [0.15, 0.2) is 29.4 Å². The van der Waals surface area contributed by atoms with Crippen LogP contribution >= 0.6 is 34.7 Å². The fourth-order valence-electron chi connectivity index (χ4n) is 2.97. The molecule has 0 fully saturated rings. The molecule has 33 heavy (non-hydrogen) atoms. The molecule has 0 saturated heterocycles. The van der Waals surface area contributed by atoms with Gasteiger partial charge in [0.05, 0.1) is 22.3 Å². The number of amides is 2. The molecule has 0 radical (unpaired) electrons. The minimum absolute atomic E-state index is 0.00302. The Morgan fingerprint density at radius 3 is 2.67 bits per heavy atom. The number of benzene rings is 1. The predicted octanol–water partition coefficient (Wildman–Crippen LogP) is 3.90. The summed E-state index contributed by atoms with van der Waals surface area (Å²) in [5, 5.41) is 12.3. The summed E-state index contributed by atoms with van der Waals surface area (Å²) < 4.78 is 7.02. The number of aromatic nitrogens is 3. The standard InChI is InChI=1S/C21H22ClN5O4S2/c1-10(2)31-20(30)15-11(3)16(17(23)29)33-19(15)24-14(28)9-32-21-26-25-18(27(21)4)12-6-5-7-13(22)8-12/h5-8,10H,9H2,1-4H3,(H2,23,29)(H,24,28). The van der Waals surface area contributed by atoms with Gasteiger partial charge in [0.15, 0.2) is 11.0 Å². The first kappa shape index (κ1) is 24.7. The van der Waals surface area contributed by atoms with Crippen LogP contribution in [0.3, 0.4) is 0 Å². The Balaban J connectivity index is 1.75. The molecular formula is C21H22ClN5O4S2. The van der Waals surface area contributed by atoms with E-state index in [4.69, 9.17) is 22.1 Å². The lowest BCUT2D eigenvalue weighted by Crippen LogP contribution is -2.18. The number of esters is 1. The number of nitrogens with two attached hydrogens (primary N) is 1. The fourth-order valence-corrected chi connectivity index (χ4v) is 4.93. The number of primary amides is 1. The second kappa shape index (κ2) is 10.4. The molecule has 0 bridgehead atoms. The molecule has 174 valence electrons. The van der Waals surface area contributed by atoms with E-state index in [1.807, 2.05) is 12.1 Å². The van der Waals surface area contributed by atoms with E-state index in [-0.39, 0.29) is 33.2 Å². The zero-order chi connectivity index (χ0) is 24.3. The summed E-state index contributed by atoms with van der Waals surface area (Å²) in [6, 6.07) is 7.23. The van der Waals surface area contributed by atoms with Crippen molar-refractivity contribution in [2.75, 3.05) is 11.1 Å². The normalized spacial score (nSPS) is 11.0. The molecule has 1 aromatic carbocycles. The van der Waals surface area contributed by atoms with Gasteiger partial charge in [0.25, 0.3) is 5.91 Å². The second-order valence-electron chi connectivity index (χ2n) is 7.29. The number of anilines is 1. The number of carbonyl (C=O) groups excluding carboxylic acids is 3. The number of halogens is 1. The third-order valence-corrected chi connectivity index (χ3v) is 6.90. The van der Waals surface area contributed by atoms with E-state index in [1.165, 1.54) is 11.8 Å². The highest BCUT2D eigenvalue weighted by Gasteiger charge is 2.26. The van der Waals surface area contributed by atoms with Crippen molar-refractivity contribution < 1.29 is 19.1 Å². The van der Waals surface area contributed by atoms with E-state index in [1.54, 1.807) is 44.5 Å². The first-order chi connectivity index (χ1) is 15.6. The smallest absolute Gasteiger partial charge is 0.341 e. The zero-order valence-corrected chi connectivity index (χ0v) is 20.7. The van der Waals surface area contributed by atoms with Crippen molar-refractivity contribution in [2.45, 2.75) is 32.0 Å². The quantitative estimate of drug-likeness (QED) is 0.349. The van der Waals surface area contributed by atoms with Crippen LogP contribution in [0.25, 0.3) is 11.4 Å². The van der Waals surface area contributed by atoms with Crippen molar-refractivity contribution >= 4 is 57.5 Å². The van der Waals surface area contributed by atoms with Gasteiger partial charge in [0, 0.05) is 17.6 Å². The van der Waals surface area contributed by atoms with Crippen LogP contribution in [-0.4, -0.2) is 44.4 Å². The second-order valence-corrected chi connectivity index (χ2v) is 9.69. The number of ether oxygens (including phenoxy) is 1. The van der Waals surface area contributed by atoms with Gasteiger partial charge in [-0.1, -0.05) is 35.5 Å². The Labute approximate surface area is 203 Å². The number of thioether (sulfide) groups is 1. The molecule has 0 aliphatic carbocycles. The van der Waals surface area contributed by atoms with Gasteiger partial charge in [-0.05, 0) is 38.5 Å². The van der Waals surface area contributed by atoms with Crippen molar-refractivity contribution in [1.82, 2.24) is 14.8 Å². The van der Waals surface area contributed by atoms with Crippen LogP contribution < -0.4 is 11.1 Å². The minimum Gasteiger partial charge on any atom is -0.459 e. The summed E-state index contributed by atoms with van der Waals surface area (Å²) in [6.07, 6.45) is -0.363. The Kier molecular flexibility index (Phi) is 7.77.